The van der Waals surface area contributed by atoms with Crippen molar-refractivity contribution in [2.75, 3.05) is 6.54 Å². The molecule has 1 amide bonds. The lowest BCUT2D eigenvalue weighted by Gasteiger charge is -2.36. The van der Waals surface area contributed by atoms with Crippen LogP contribution in [0.1, 0.15) is 63.4 Å². The maximum Gasteiger partial charge on any atom is 0.410 e. The predicted octanol–water partition coefficient (Wildman–Crippen LogP) is 5.54. The smallest absolute Gasteiger partial charge is 0.410 e. The van der Waals surface area contributed by atoms with E-state index in [2.05, 4.69) is 28.9 Å². The maximum atomic E-state index is 12.5. The van der Waals surface area contributed by atoms with Gasteiger partial charge in [-0.1, -0.05) is 19.8 Å². The van der Waals surface area contributed by atoms with Gasteiger partial charge in [-0.05, 0) is 61.2 Å². The number of ether oxygens (including phenoxy) is 1. The van der Waals surface area contributed by atoms with E-state index < -0.39 is 5.60 Å². The molecule has 1 aromatic heterocycles. The minimum Gasteiger partial charge on any atom is -0.444 e. The average Bonchev–Trinajstić information content (AvgIpc) is 2.74. The third-order valence-electron chi connectivity index (χ3n) is 3.57. The van der Waals surface area contributed by atoms with Gasteiger partial charge in [0.1, 0.15) is 5.60 Å². The van der Waals surface area contributed by atoms with Gasteiger partial charge in [0, 0.05) is 11.4 Å². The molecule has 1 aromatic rings. The van der Waals surface area contributed by atoms with Crippen molar-refractivity contribution in [2.45, 2.75) is 65.0 Å². The summed E-state index contributed by atoms with van der Waals surface area (Å²) in [5.41, 5.74) is 0.940. The zero-order valence-electron chi connectivity index (χ0n) is 13.2. The van der Waals surface area contributed by atoms with Gasteiger partial charge in [-0.3, -0.25) is 0 Å². The monoisotopic (exact) mass is 373 g/mol. The number of halogens is 1. The number of carbonyl (C=O) groups excluding carboxylic acids is 1. The lowest BCUT2D eigenvalue weighted by molar-refractivity contribution is 0.0135. The molecule has 1 aliphatic rings. The Balaban J connectivity index is 2.22. The summed E-state index contributed by atoms with van der Waals surface area (Å²) in [6, 6.07) is 2.37. The van der Waals surface area contributed by atoms with Crippen molar-refractivity contribution in [1.29, 1.82) is 0 Å². The van der Waals surface area contributed by atoms with Crippen LogP contribution in [0.15, 0.2) is 9.85 Å². The number of carbonyl (C=O) groups is 1. The zero-order valence-corrected chi connectivity index (χ0v) is 15.6. The number of hydrogen-bond donors (Lipinski definition) is 0. The molecule has 0 fully saturated rings. The summed E-state index contributed by atoms with van der Waals surface area (Å²) < 4.78 is 6.74. The van der Waals surface area contributed by atoms with Gasteiger partial charge in [-0.2, -0.15) is 0 Å². The van der Waals surface area contributed by atoms with Gasteiger partial charge in [0.2, 0.25) is 0 Å². The summed E-state index contributed by atoms with van der Waals surface area (Å²) in [5, 5.41) is 0. The average molecular weight is 374 g/mol. The molecule has 3 nitrogen and oxygen atoms in total. The Labute approximate surface area is 139 Å². The molecule has 0 spiro atoms. The largest absolute Gasteiger partial charge is 0.444 e. The van der Waals surface area contributed by atoms with Crippen LogP contribution in [-0.4, -0.2) is 23.1 Å². The van der Waals surface area contributed by atoms with Crippen LogP contribution in [-0.2, 0) is 11.2 Å². The molecule has 1 unspecified atom stereocenters. The number of fused-ring (bicyclic) bond motifs is 1. The molecule has 0 saturated carbocycles. The van der Waals surface area contributed by atoms with Gasteiger partial charge in [-0.25, -0.2) is 4.79 Å². The van der Waals surface area contributed by atoms with Crippen LogP contribution >= 0.6 is 27.3 Å². The summed E-state index contributed by atoms with van der Waals surface area (Å²) in [5.74, 6) is 0. The molecule has 5 heteroatoms. The summed E-state index contributed by atoms with van der Waals surface area (Å²) in [6.45, 7) is 8.69. The van der Waals surface area contributed by atoms with E-state index in [4.69, 9.17) is 4.74 Å². The number of unbranched alkanes of at least 4 members (excludes halogenated alkanes) is 1. The third kappa shape index (κ3) is 4.22. The van der Waals surface area contributed by atoms with Gasteiger partial charge in [-0.15, -0.1) is 11.3 Å². The molecule has 0 aromatic carbocycles. The van der Waals surface area contributed by atoms with Crippen molar-refractivity contribution in [2.24, 2.45) is 0 Å². The summed E-state index contributed by atoms with van der Waals surface area (Å²) in [7, 11) is 0. The van der Waals surface area contributed by atoms with Crippen LogP contribution < -0.4 is 0 Å². The SMILES string of the molecule is CCCCC1c2sc(Br)cc2CCN1C(=O)OC(C)(C)C. The van der Waals surface area contributed by atoms with Gasteiger partial charge in [0.15, 0.2) is 0 Å². The standard InChI is InChI=1S/C16H24BrNO2S/c1-5-6-7-12-14-11(10-13(17)21-14)8-9-18(12)15(19)20-16(2,3)4/h10,12H,5-9H2,1-4H3. The van der Waals surface area contributed by atoms with Crippen molar-refractivity contribution < 1.29 is 9.53 Å². The fourth-order valence-corrected chi connectivity index (χ4v) is 4.53. The predicted molar refractivity (Wildman–Crippen MR) is 90.9 cm³/mol. The van der Waals surface area contributed by atoms with Crippen LogP contribution in [0.2, 0.25) is 0 Å². The van der Waals surface area contributed by atoms with E-state index in [-0.39, 0.29) is 12.1 Å². The lowest BCUT2D eigenvalue weighted by atomic mass is 9.98. The number of rotatable bonds is 3. The molecule has 0 N–H and O–H groups in total. The normalized spacial score (nSPS) is 18.5. The summed E-state index contributed by atoms with van der Waals surface area (Å²) in [6.07, 6.45) is 4.01. The summed E-state index contributed by atoms with van der Waals surface area (Å²) >= 11 is 5.33. The topological polar surface area (TPSA) is 29.5 Å². The van der Waals surface area contributed by atoms with Crippen molar-refractivity contribution in [3.05, 3.63) is 20.3 Å². The van der Waals surface area contributed by atoms with E-state index in [1.807, 2.05) is 25.7 Å². The molecule has 0 saturated heterocycles. The Bertz CT molecular complexity index is 507. The maximum absolute atomic E-state index is 12.5. The van der Waals surface area contributed by atoms with Crippen molar-refractivity contribution in [3.63, 3.8) is 0 Å². The van der Waals surface area contributed by atoms with Crippen molar-refractivity contribution >= 4 is 33.4 Å². The quantitative estimate of drug-likeness (QED) is 0.696. The second-order valence-corrected chi connectivity index (χ2v) is 8.98. The third-order valence-corrected chi connectivity index (χ3v) is 5.35. The summed E-state index contributed by atoms with van der Waals surface area (Å²) in [4.78, 5) is 15.7. The molecular formula is C16H24BrNO2S. The highest BCUT2D eigenvalue weighted by Gasteiger charge is 2.34. The number of amides is 1. The minimum absolute atomic E-state index is 0.167. The highest BCUT2D eigenvalue weighted by molar-refractivity contribution is 9.11. The van der Waals surface area contributed by atoms with E-state index in [0.717, 1.165) is 36.0 Å². The van der Waals surface area contributed by atoms with Crippen LogP contribution in [0.5, 0.6) is 0 Å². The van der Waals surface area contributed by atoms with E-state index in [1.54, 1.807) is 11.3 Å². The first-order chi connectivity index (χ1) is 9.81. The first-order valence-corrected chi connectivity index (χ1v) is 9.20. The van der Waals surface area contributed by atoms with Gasteiger partial charge < -0.3 is 9.64 Å². The Hall–Kier alpha value is -0.550. The van der Waals surface area contributed by atoms with E-state index >= 15 is 0 Å². The molecule has 0 radical (unpaired) electrons. The molecule has 2 rings (SSSR count). The van der Waals surface area contributed by atoms with E-state index in [9.17, 15) is 4.79 Å². The lowest BCUT2D eigenvalue weighted by Crippen LogP contribution is -2.42. The van der Waals surface area contributed by atoms with Gasteiger partial charge in [0.05, 0.1) is 9.83 Å². The van der Waals surface area contributed by atoms with E-state index in [0.29, 0.717) is 0 Å². The zero-order chi connectivity index (χ0) is 15.6. The van der Waals surface area contributed by atoms with Crippen LogP contribution in [0.25, 0.3) is 0 Å². The molecule has 0 aliphatic carbocycles. The highest BCUT2D eigenvalue weighted by atomic mass is 79.9. The second kappa shape index (κ2) is 6.69. The first-order valence-electron chi connectivity index (χ1n) is 7.59. The number of nitrogens with zero attached hydrogens (tertiary/aromatic N) is 1. The molecule has 0 bridgehead atoms. The molecule has 1 atom stereocenters. The molecule has 118 valence electrons. The van der Waals surface area contributed by atoms with Crippen LogP contribution in [0.4, 0.5) is 4.79 Å². The second-order valence-electron chi connectivity index (χ2n) is 6.52. The Morgan fingerprint density at radius 3 is 2.86 bits per heavy atom. The Morgan fingerprint density at radius 2 is 2.24 bits per heavy atom. The molecule has 2 heterocycles. The van der Waals surface area contributed by atoms with Crippen molar-refractivity contribution in [3.8, 4) is 0 Å². The van der Waals surface area contributed by atoms with Gasteiger partial charge in [0.25, 0.3) is 0 Å². The fraction of sp³-hybridized carbons (Fsp3) is 0.688. The van der Waals surface area contributed by atoms with E-state index in [1.165, 1.54) is 10.4 Å². The molecular weight excluding hydrogens is 350 g/mol. The van der Waals surface area contributed by atoms with Crippen LogP contribution in [0.3, 0.4) is 0 Å². The van der Waals surface area contributed by atoms with Crippen LogP contribution in [0, 0.1) is 0 Å². The number of hydrogen-bond acceptors (Lipinski definition) is 3. The fourth-order valence-electron chi connectivity index (χ4n) is 2.65. The van der Waals surface area contributed by atoms with Gasteiger partial charge >= 0.3 is 6.09 Å². The minimum atomic E-state index is -0.442. The van der Waals surface area contributed by atoms with Crippen molar-refractivity contribution in [1.82, 2.24) is 4.90 Å². The highest BCUT2D eigenvalue weighted by Crippen LogP contribution is 2.41. The molecule has 1 aliphatic heterocycles. The first kappa shape index (κ1) is 16.8. The Morgan fingerprint density at radius 1 is 1.52 bits per heavy atom. The molecule has 21 heavy (non-hydrogen) atoms. The Kier molecular flexibility index (Phi) is 5.36. The number of thiophene rings is 1.